The molecule has 2 fully saturated rings. The van der Waals surface area contributed by atoms with Crippen LogP contribution in [-0.4, -0.2) is 35.2 Å². The Kier molecular flexibility index (Phi) is 4.70. The lowest BCUT2D eigenvalue weighted by molar-refractivity contribution is -0.141. The normalized spacial score (nSPS) is 26.7. The number of para-hydroxylation sites is 1. The second kappa shape index (κ2) is 6.71. The predicted octanol–water partition coefficient (Wildman–Crippen LogP) is 2.70. The van der Waals surface area contributed by atoms with Crippen LogP contribution in [0.25, 0.3) is 0 Å². The second-order valence-corrected chi connectivity index (χ2v) is 6.92. The Morgan fingerprint density at radius 1 is 1.29 bits per heavy atom. The van der Waals surface area contributed by atoms with Gasteiger partial charge in [0.1, 0.15) is 11.9 Å². The Morgan fingerprint density at radius 3 is 2.76 bits per heavy atom. The van der Waals surface area contributed by atoms with Crippen molar-refractivity contribution < 1.29 is 14.6 Å². The molecule has 2 N–H and O–H groups in total. The first-order valence-corrected chi connectivity index (χ1v) is 8.69. The minimum atomic E-state index is -0.715. The van der Waals surface area contributed by atoms with Crippen molar-refractivity contribution in [1.29, 1.82) is 0 Å². The van der Waals surface area contributed by atoms with E-state index in [0.717, 1.165) is 35.7 Å². The maximum absolute atomic E-state index is 11.1. The van der Waals surface area contributed by atoms with Crippen molar-refractivity contribution in [1.82, 2.24) is 5.32 Å². The third-order valence-electron chi connectivity index (χ3n) is 4.24. The highest BCUT2D eigenvalue weighted by Crippen LogP contribution is 2.34. The molecule has 0 saturated carbocycles. The standard InChI is InChI=1S/C16H21NO3S/c18-16(19)11-9-14(17-10-11)13-3-1-2-4-15(13)20-12-5-7-21-8-6-12/h1-4,11-12,14,17H,5-10H2,(H,18,19). The molecule has 5 heteroatoms. The summed E-state index contributed by atoms with van der Waals surface area (Å²) >= 11 is 1.98. The highest BCUT2D eigenvalue weighted by Gasteiger charge is 2.31. The molecule has 1 aromatic rings. The van der Waals surface area contributed by atoms with Crippen molar-refractivity contribution in [3.63, 3.8) is 0 Å². The number of nitrogens with one attached hydrogen (secondary N) is 1. The highest BCUT2D eigenvalue weighted by molar-refractivity contribution is 7.99. The Morgan fingerprint density at radius 2 is 2.05 bits per heavy atom. The molecule has 2 aliphatic heterocycles. The van der Waals surface area contributed by atoms with E-state index in [0.29, 0.717) is 19.1 Å². The van der Waals surface area contributed by atoms with Gasteiger partial charge in [-0.2, -0.15) is 11.8 Å². The van der Waals surface area contributed by atoms with Crippen LogP contribution in [0.2, 0.25) is 0 Å². The molecule has 0 amide bonds. The smallest absolute Gasteiger partial charge is 0.307 e. The lowest BCUT2D eigenvalue weighted by Gasteiger charge is -2.25. The lowest BCUT2D eigenvalue weighted by Crippen LogP contribution is -2.23. The van der Waals surface area contributed by atoms with Gasteiger partial charge in [-0.3, -0.25) is 4.79 Å². The zero-order valence-corrected chi connectivity index (χ0v) is 12.8. The summed E-state index contributed by atoms with van der Waals surface area (Å²) in [4.78, 5) is 11.1. The predicted molar refractivity (Wildman–Crippen MR) is 83.9 cm³/mol. The summed E-state index contributed by atoms with van der Waals surface area (Å²) in [5, 5.41) is 12.5. The molecular formula is C16H21NO3S. The second-order valence-electron chi connectivity index (χ2n) is 5.70. The summed E-state index contributed by atoms with van der Waals surface area (Å²) in [7, 11) is 0. The highest BCUT2D eigenvalue weighted by atomic mass is 32.2. The van der Waals surface area contributed by atoms with Crippen molar-refractivity contribution in [3.05, 3.63) is 29.8 Å². The maximum Gasteiger partial charge on any atom is 0.307 e. The fraction of sp³-hybridized carbons (Fsp3) is 0.562. The summed E-state index contributed by atoms with van der Waals surface area (Å²) in [6.45, 7) is 0.536. The number of aliphatic carboxylic acids is 1. The van der Waals surface area contributed by atoms with E-state index >= 15 is 0 Å². The van der Waals surface area contributed by atoms with Crippen molar-refractivity contribution >= 4 is 17.7 Å². The summed E-state index contributed by atoms with van der Waals surface area (Å²) in [5.74, 6) is 2.23. The average molecular weight is 307 g/mol. The van der Waals surface area contributed by atoms with E-state index in [4.69, 9.17) is 9.84 Å². The molecule has 2 heterocycles. The van der Waals surface area contributed by atoms with Gasteiger partial charge in [0, 0.05) is 18.2 Å². The number of hydrogen-bond acceptors (Lipinski definition) is 4. The van der Waals surface area contributed by atoms with Gasteiger partial charge >= 0.3 is 5.97 Å². The number of carboxylic acid groups (broad SMARTS) is 1. The molecule has 4 nitrogen and oxygen atoms in total. The van der Waals surface area contributed by atoms with E-state index in [1.165, 1.54) is 0 Å². The number of hydrogen-bond donors (Lipinski definition) is 2. The topological polar surface area (TPSA) is 58.6 Å². The molecule has 0 radical (unpaired) electrons. The van der Waals surface area contributed by atoms with Crippen LogP contribution >= 0.6 is 11.8 Å². The Bertz CT molecular complexity index is 502. The Labute approximate surface area is 129 Å². The van der Waals surface area contributed by atoms with Crippen LogP contribution in [0, 0.1) is 5.92 Å². The molecule has 0 aliphatic carbocycles. The lowest BCUT2D eigenvalue weighted by atomic mass is 9.99. The van der Waals surface area contributed by atoms with E-state index in [2.05, 4.69) is 11.4 Å². The van der Waals surface area contributed by atoms with Gasteiger partial charge in [-0.05, 0) is 36.8 Å². The zero-order chi connectivity index (χ0) is 14.7. The zero-order valence-electron chi connectivity index (χ0n) is 12.0. The first-order valence-electron chi connectivity index (χ1n) is 7.53. The van der Waals surface area contributed by atoms with Crippen molar-refractivity contribution in [2.45, 2.75) is 31.4 Å². The van der Waals surface area contributed by atoms with E-state index in [-0.39, 0.29) is 12.0 Å². The van der Waals surface area contributed by atoms with Gasteiger partial charge < -0.3 is 15.2 Å². The first-order chi connectivity index (χ1) is 10.2. The number of thioether (sulfide) groups is 1. The number of benzene rings is 1. The number of ether oxygens (including phenoxy) is 1. The Balaban J connectivity index is 1.72. The Hall–Kier alpha value is -1.20. The molecule has 2 atom stereocenters. The van der Waals surface area contributed by atoms with Crippen LogP contribution in [0.1, 0.15) is 30.9 Å². The summed E-state index contributed by atoms with van der Waals surface area (Å²) in [5.41, 5.74) is 1.10. The molecule has 2 unspecified atom stereocenters. The summed E-state index contributed by atoms with van der Waals surface area (Å²) < 4.78 is 6.19. The third kappa shape index (κ3) is 3.52. The molecule has 1 aromatic carbocycles. The van der Waals surface area contributed by atoms with Crippen molar-refractivity contribution in [2.75, 3.05) is 18.1 Å². The summed E-state index contributed by atoms with van der Waals surface area (Å²) in [6.07, 6.45) is 3.11. The van der Waals surface area contributed by atoms with Crippen LogP contribution in [0.15, 0.2) is 24.3 Å². The van der Waals surface area contributed by atoms with E-state index in [9.17, 15) is 4.79 Å². The van der Waals surface area contributed by atoms with Crippen LogP contribution in [0.4, 0.5) is 0 Å². The molecular weight excluding hydrogens is 286 g/mol. The van der Waals surface area contributed by atoms with E-state index in [1.54, 1.807) is 0 Å². The number of carboxylic acids is 1. The van der Waals surface area contributed by atoms with Gasteiger partial charge in [0.25, 0.3) is 0 Å². The largest absolute Gasteiger partial charge is 0.490 e. The minimum absolute atomic E-state index is 0.0836. The van der Waals surface area contributed by atoms with Gasteiger partial charge in [0.05, 0.1) is 5.92 Å². The third-order valence-corrected chi connectivity index (χ3v) is 5.29. The average Bonchev–Trinajstić information content (AvgIpc) is 2.99. The fourth-order valence-corrected chi connectivity index (χ4v) is 4.07. The van der Waals surface area contributed by atoms with E-state index in [1.807, 2.05) is 30.0 Å². The quantitative estimate of drug-likeness (QED) is 0.895. The first kappa shape index (κ1) is 14.7. The van der Waals surface area contributed by atoms with Gasteiger partial charge in [-0.15, -0.1) is 0 Å². The van der Waals surface area contributed by atoms with Crippen LogP contribution in [0.3, 0.4) is 0 Å². The SMILES string of the molecule is O=C(O)C1CNC(c2ccccc2OC2CCSCC2)C1. The molecule has 114 valence electrons. The molecule has 21 heavy (non-hydrogen) atoms. The molecule has 2 saturated heterocycles. The molecule has 3 rings (SSSR count). The number of rotatable bonds is 4. The minimum Gasteiger partial charge on any atom is -0.490 e. The summed E-state index contributed by atoms with van der Waals surface area (Å²) in [6, 6.07) is 8.12. The van der Waals surface area contributed by atoms with Gasteiger partial charge in [-0.1, -0.05) is 18.2 Å². The molecule has 0 spiro atoms. The van der Waals surface area contributed by atoms with Crippen LogP contribution < -0.4 is 10.1 Å². The fourth-order valence-electron chi connectivity index (χ4n) is 3.01. The van der Waals surface area contributed by atoms with Crippen molar-refractivity contribution in [2.24, 2.45) is 5.92 Å². The van der Waals surface area contributed by atoms with Crippen LogP contribution in [-0.2, 0) is 4.79 Å². The molecule has 0 bridgehead atoms. The van der Waals surface area contributed by atoms with Gasteiger partial charge in [0.2, 0.25) is 0 Å². The van der Waals surface area contributed by atoms with Crippen LogP contribution in [0.5, 0.6) is 5.75 Å². The number of carbonyl (C=O) groups is 1. The van der Waals surface area contributed by atoms with E-state index < -0.39 is 5.97 Å². The maximum atomic E-state index is 11.1. The van der Waals surface area contributed by atoms with Gasteiger partial charge in [0.15, 0.2) is 0 Å². The van der Waals surface area contributed by atoms with Gasteiger partial charge in [-0.25, -0.2) is 0 Å². The van der Waals surface area contributed by atoms with Crippen molar-refractivity contribution in [3.8, 4) is 5.75 Å². The molecule has 0 aromatic heterocycles. The molecule has 2 aliphatic rings. The monoisotopic (exact) mass is 307 g/mol.